The van der Waals surface area contributed by atoms with Gasteiger partial charge in [-0.05, 0) is 48.1 Å². The number of carbonyl (C=O) groups is 2. The summed E-state index contributed by atoms with van der Waals surface area (Å²) in [6.45, 7) is 6.35. The molecule has 7 heteroatoms. The molecule has 1 aliphatic heterocycles. The van der Waals surface area contributed by atoms with Crippen LogP contribution in [0.3, 0.4) is 0 Å². The average Bonchev–Trinajstić information content (AvgIpc) is 2.64. The predicted octanol–water partition coefficient (Wildman–Crippen LogP) is 2.20. The number of hydrogen-bond acceptors (Lipinski definition) is 5. The molecule has 0 radical (unpaired) electrons. The van der Waals surface area contributed by atoms with E-state index in [9.17, 15) is 14.7 Å². The van der Waals surface area contributed by atoms with E-state index in [0.717, 1.165) is 29.8 Å². The lowest BCUT2D eigenvalue weighted by atomic mass is 9.88. The summed E-state index contributed by atoms with van der Waals surface area (Å²) < 4.78 is 0. The molecule has 2 rings (SSSR count). The largest absolute Gasteiger partial charge is 0.383 e. The van der Waals surface area contributed by atoms with Crippen LogP contribution in [-0.2, 0) is 22.7 Å². The van der Waals surface area contributed by atoms with Gasteiger partial charge in [-0.3, -0.25) is 14.5 Å². The molecule has 1 fully saturated rings. The van der Waals surface area contributed by atoms with E-state index in [1.807, 2.05) is 0 Å². The molecule has 0 unspecified atom stereocenters. The number of nitrogens with one attached hydrogen (secondary N) is 1. The van der Waals surface area contributed by atoms with E-state index >= 15 is 0 Å². The van der Waals surface area contributed by atoms with Gasteiger partial charge in [-0.25, -0.2) is 0 Å². The molecule has 0 aliphatic carbocycles. The Morgan fingerprint density at radius 2 is 2.04 bits per heavy atom. The number of carbonyl (C=O) groups excluding carboxylic acids is 2. The second-order valence-corrected chi connectivity index (χ2v) is 8.59. The molecule has 2 atom stereocenters. The van der Waals surface area contributed by atoms with E-state index in [1.165, 1.54) is 0 Å². The van der Waals surface area contributed by atoms with Crippen molar-refractivity contribution in [2.45, 2.75) is 65.3 Å². The molecule has 1 aliphatic rings. The SMILES string of the molecule is CC(C)(C)[C@@H](O)C(=O)N(Cc1cc(Cl)ccc1CN)C(=O)[C@@H]1CCCCN1. The Labute approximate surface area is 166 Å². The first kappa shape index (κ1) is 21.8. The van der Waals surface area contributed by atoms with Crippen molar-refractivity contribution in [2.24, 2.45) is 11.1 Å². The summed E-state index contributed by atoms with van der Waals surface area (Å²) in [4.78, 5) is 27.3. The van der Waals surface area contributed by atoms with Gasteiger partial charge >= 0.3 is 0 Å². The number of rotatable bonds is 5. The number of piperidine rings is 1. The highest BCUT2D eigenvalue weighted by Crippen LogP contribution is 2.24. The van der Waals surface area contributed by atoms with Gasteiger partial charge < -0.3 is 16.2 Å². The Morgan fingerprint density at radius 3 is 2.59 bits per heavy atom. The first-order valence-electron chi connectivity index (χ1n) is 9.39. The second kappa shape index (κ2) is 9.15. The minimum atomic E-state index is -1.29. The molecular formula is C20H30ClN3O3. The molecule has 150 valence electrons. The number of hydrogen-bond donors (Lipinski definition) is 3. The van der Waals surface area contributed by atoms with E-state index in [0.29, 0.717) is 17.0 Å². The smallest absolute Gasteiger partial charge is 0.258 e. The van der Waals surface area contributed by atoms with Gasteiger partial charge in [0.1, 0.15) is 6.10 Å². The summed E-state index contributed by atoms with van der Waals surface area (Å²) in [5, 5.41) is 14.2. The first-order chi connectivity index (χ1) is 12.6. The number of nitrogens with two attached hydrogens (primary N) is 1. The van der Waals surface area contributed by atoms with Crippen molar-refractivity contribution in [1.29, 1.82) is 0 Å². The predicted molar refractivity (Wildman–Crippen MR) is 106 cm³/mol. The fourth-order valence-electron chi connectivity index (χ4n) is 3.14. The number of aliphatic hydroxyl groups excluding tert-OH is 1. The minimum Gasteiger partial charge on any atom is -0.383 e. The average molecular weight is 396 g/mol. The third-order valence-corrected chi connectivity index (χ3v) is 5.15. The van der Waals surface area contributed by atoms with Crippen LogP contribution in [0.4, 0.5) is 0 Å². The van der Waals surface area contributed by atoms with Gasteiger partial charge in [0, 0.05) is 11.6 Å². The van der Waals surface area contributed by atoms with Crippen molar-refractivity contribution < 1.29 is 14.7 Å². The van der Waals surface area contributed by atoms with Gasteiger partial charge in [-0.2, -0.15) is 0 Å². The summed E-state index contributed by atoms with van der Waals surface area (Å²) in [7, 11) is 0. The van der Waals surface area contributed by atoms with Gasteiger partial charge in [0.05, 0.1) is 12.6 Å². The van der Waals surface area contributed by atoms with Crippen LogP contribution in [0.15, 0.2) is 18.2 Å². The lowest BCUT2D eigenvalue weighted by molar-refractivity contribution is -0.156. The summed E-state index contributed by atoms with van der Waals surface area (Å²) in [6, 6.07) is 4.82. The first-order valence-corrected chi connectivity index (χ1v) is 9.77. The van der Waals surface area contributed by atoms with E-state index in [4.69, 9.17) is 17.3 Å². The number of halogens is 1. The number of amides is 2. The lowest BCUT2D eigenvalue weighted by Crippen LogP contribution is -2.54. The van der Waals surface area contributed by atoms with E-state index in [-0.39, 0.29) is 19.0 Å². The maximum absolute atomic E-state index is 13.1. The van der Waals surface area contributed by atoms with Gasteiger partial charge in [0.15, 0.2) is 0 Å². The normalized spacial score (nSPS) is 18.8. The summed E-state index contributed by atoms with van der Waals surface area (Å²) in [5.41, 5.74) is 6.65. The van der Waals surface area contributed by atoms with Crippen LogP contribution in [0.2, 0.25) is 5.02 Å². The number of benzene rings is 1. The van der Waals surface area contributed by atoms with Crippen LogP contribution in [0.25, 0.3) is 0 Å². The molecular weight excluding hydrogens is 366 g/mol. The topological polar surface area (TPSA) is 95.7 Å². The highest BCUT2D eigenvalue weighted by Gasteiger charge is 2.38. The molecule has 1 aromatic carbocycles. The minimum absolute atomic E-state index is 0.0378. The van der Waals surface area contributed by atoms with Gasteiger partial charge in [-0.15, -0.1) is 0 Å². The van der Waals surface area contributed by atoms with Gasteiger partial charge in [-0.1, -0.05) is 44.9 Å². The van der Waals surface area contributed by atoms with E-state index < -0.39 is 23.5 Å². The molecule has 0 spiro atoms. The quantitative estimate of drug-likeness (QED) is 0.710. The maximum atomic E-state index is 13.1. The monoisotopic (exact) mass is 395 g/mol. The van der Waals surface area contributed by atoms with Crippen molar-refractivity contribution in [2.75, 3.05) is 6.54 Å². The van der Waals surface area contributed by atoms with Crippen molar-refractivity contribution in [3.05, 3.63) is 34.3 Å². The van der Waals surface area contributed by atoms with Crippen molar-refractivity contribution in [1.82, 2.24) is 10.2 Å². The molecule has 0 saturated carbocycles. The van der Waals surface area contributed by atoms with Crippen LogP contribution in [0.5, 0.6) is 0 Å². The zero-order valence-corrected chi connectivity index (χ0v) is 17.1. The zero-order valence-electron chi connectivity index (χ0n) is 16.3. The third-order valence-electron chi connectivity index (χ3n) is 4.91. The molecule has 2 amide bonds. The standard InChI is InChI=1S/C20H30ClN3O3/c1-20(2,3)17(25)19(27)24(18(26)16-6-4-5-9-23-16)12-14-10-15(21)8-7-13(14)11-22/h7-8,10,16-17,23,25H,4-6,9,11-12,22H2,1-3H3/t16-,17-/m0/s1. The Kier molecular flexibility index (Phi) is 7.40. The molecule has 6 nitrogen and oxygen atoms in total. The van der Waals surface area contributed by atoms with Crippen LogP contribution >= 0.6 is 11.6 Å². The zero-order chi connectivity index (χ0) is 20.2. The molecule has 1 heterocycles. The van der Waals surface area contributed by atoms with Crippen molar-refractivity contribution >= 4 is 23.4 Å². The van der Waals surface area contributed by atoms with E-state index in [1.54, 1.807) is 39.0 Å². The summed E-state index contributed by atoms with van der Waals surface area (Å²) >= 11 is 6.11. The third kappa shape index (κ3) is 5.51. The van der Waals surface area contributed by atoms with Gasteiger partial charge in [0.25, 0.3) is 5.91 Å². The Hall–Kier alpha value is -1.47. The van der Waals surface area contributed by atoms with Crippen LogP contribution in [0.1, 0.15) is 51.2 Å². The number of aliphatic hydroxyl groups is 1. The van der Waals surface area contributed by atoms with Crippen LogP contribution < -0.4 is 11.1 Å². The van der Waals surface area contributed by atoms with Crippen LogP contribution in [-0.4, -0.2) is 40.5 Å². The number of nitrogens with zero attached hydrogens (tertiary/aromatic N) is 1. The number of imide groups is 1. The Bertz CT molecular complexity index is 682. The summed E-state index contributed by atoms with van der Waals surface area (Å²) in [6.07, 6.45) is 1.32. The second-order valence-electron chi connectivity index (χ2n) is 8.15. The fraction of sp³-hybridized carbons (Fsp3) is 0.600. The van der Waals surface area contributed by atoms with Gasteiger partial charge in [0.2, 0.25) is 5.91 Å². The molecule has 1 saturated heterocycles. The molecule has 4 N–H and O–H groups in total. The maximum Gasteiger partial charge on any atom is 0.258 e. The fourth-order valence-corrected chi connectivity index (χ4v) is 3.34. The molecule has 27 heavy (non-hydrogen) atoms. The molecule has 1 aromatic rings. The highest BCUT2D eigenvalue weighted by molar-refractivity contribution is 6.30. The molecule has 0 aromatic heterocycles. The van der Waals surface area contributed by atoms with Crippen molar-refractivity contribution in [3.8, 4) is 0 Å². The van der Waals surface area contributed by atoms with E-state index in [2.05, 4.69) is 5.32 Å². The highest BCUT2D eigenvalue weighted by atomic mass is 35.5. The molecule has 0 bridgehead atoms. The summed E-state index contributed by atoms with van der Waals surface area (Å²) in [5.74, 6) is -0.909. The Balaban J connectivity index is 2.35. The Morgan fingerprint density at radius 1 is 1.33 bits per heavy atom. The lowest BCUT2D eigenvalue weighted by Gasteiger charge is -2.33. The van der Waals surface area contributed by atoms with Crippen LogP contribution in [0, 0.1) is 5.41 Å². The van der Waals surface area contributed by atoms with Crippen molar-refractivity contribution in [3.63, 3.8) is 0 Å².